The Morgan fingerprint density at radius 3 is 2.19 bits per heavy atom. The third kappa shape index (κ3) is 8.91. The second kappa shape index (κ2) is 14.9. The molecule has 2 aliphatic carbocycles. The van der Waals surface area contributed by atoms with Gasteiger partial charge in [-0.15, -0.1) is 0 Å². The van der Waals surface area contributed by atoms with E-state index in [4.69, 9.17) is 0 Å². The molecule has 0 radical (unpaired) electrons. The number of nitrogens with one attached hydrogen (secondary N) is 2. The molecule has 15 heteroatoms. The van der Waals surface area contributed by atoms with Crippen molar-refractivity contribution in [3.05, 3.63) is 53.6 Å². The summed E-state index contributed by atoms with van der Waals surface area (Å²) in [7, 11) is -5.13. The van der Waals surface area contributed by atoms with Gasteiger partial charge >= 0.3 is 59.1 Å². The first-order valence-corrected chi connectivity index (χ1v) is 15.3. The van der Waals surface area contributed by atoms with Crippen LogP contribution in [0.3, 0.4) is 0 Å². The zero-order valence-electron chi connectivity index (χ0n) is 25.6. The van der Waals surface area contributed by atoms with E-state index < -0.39 is 20.6 Å². The Morgan fingerprint density at radius 1 is 1.05 bits per heavy atom. The summed E-state index contributed by atoms with van der Waals surface area (Å²) in [6.45, 7) is 6.93. The van der Waals surface area contributed by atoms with Gasteiger partial charge in [-0.1, -0.05) is 12.1 Å². The van der Waals surface area contributed by atoms with E-state index in [9.17, 15) is 23.9 Å². The molecule has 12 nitrogen and oxygen atoms in total. The number of aromatic nitrogens is 4. The SMILES string of the molecule is Cc1nn(COP(=O)([O-])[O-])c(C)c1-c1ccc(NC(=O)[C@@H](NC(=O)c2ccnn2C(C)C)C(C2CC2)C2CC2)cc1.[Na+].[Na+]. The largest absolute Gasteiger partial charge is 1.00 e. The van der Waals surface area contributed by atoms with Crippen LogP contribution in [0.5, 0.6) is 0 Å². The third-order valence-electron chi connectivity index (χ3n) is 7.84. The minimum atomic E-state index is -5.13. The summed E-state index contributed by atoms with van der Waals surface area (Å²) in [5, 5.41) is 14.6. The first-order valence-electron chi connectivity index (χ1n) is 13.9. The Morgan fingerprint density at radius 2 is 1.65 bits per heavy atom. The molecule has 3 aromatic rings. The average molecular weight is 629 g/mol. The second-order valence-corrected chi connectivity index (χ2v) is 12.4. The Kier molecular flexibility index (Phi) is 12.5. The predicted octanol–water partition coefficient (Wildman–Crippen LogP) is -3.07. The molecule has 1 atom stereocenters. The normalized spacial score (nSPS) is 15.5. The molecular weight excluding hydrogens is 593 g/mol. The summed E-state index contributed by atoms with van der Waals surface area (Å²) in [6, 6.07) is 8.23. The molecule has 2 N–H and O–H groups in total. The molecule has 0 bridgehead atoms. The number of hydrogen-bond donors (Lipinski definition) is 2. The Labute approximate surface area is 295 Å². The summed E-state index contributed by atoms with van der Waals surface area (Å²) >= 11 is 0. The van der Waals surface area contributed by atoms with Gasteiger partial charge in [0.2, 0.25) is 5.91 Å². The summed E-state index contributed by atoms with van der Waals surface area (Å²) in [5.74, 6) is 0.391. The molecule has 0 saturated heterocycles. The van der Waals surface area contributed by atoms with E-state index in [2.05, 4.69) is 25.4 Å². The van der Waals surface area contributed by atoms with E-state index in [1.54, 1.807) is 42.9 Å². The molecule has 2 fully saturated rings. The minimum absolute atomic E-state index is 0. The summed E-state index contributed by atoms with van der Waals surface area (Å²) in [6.07, 6.45) is 5.86. The minimum Gasteiger partial charge on any atom is -0.790 e. The van der Waals surface area contributed by atoms with Crippen molar-refractivity contribution in [1.82, 2.24) is 24.9 Å². The number of rotatable bonds is 12. The number of carbonyl (C=O) groups excluding carboxylic acids is 2. The number of phosphoric acid groups is 1. The van der Waals surface area contributed by atoms with Crippen LogP contribution in [0.4, 0.5) is 5.69 Å². The maximum atomic E-state index is 13.7. The molecule has 43 heavy (non-hydrogen) atoms. The molecular formula is C28H35N6Na2O6P. The van der Waals surface area contributed by atoms with Crippen LogP contribution >= 0.6 is 7.82 Å². The summed E-state index contributed by atoms with van der Waals surface area (Å²) < 4.78 is 18.2. The maximum Gasteiger partial charge on any atom is 1.00 e. The van der Waals surface area contributed by atoms with Crippen molar-refractivity contribution in [1.29, 1.82) is 0 Å². The van der Waals surface area contributed by atoms with Gasteiger partial charge in [-0.25, -0.2) is 4.68 Å². The van der Waals surface area contributed by atoms with Gasteiger partial charge in [0.25, 0.3) is 5.91 Å². The monoisotopic (exact) mass is 628 g/mol. The van der Waals surface area contributed by atoms with Gasteiger partial charge in [0.05, 0.1) is 13.5 Å². The number of phosphoric ester groups is 1. The molecule has 2 heterocycles. The zero-order valence-corrected chi connectivity index (χ0v) is 30.5. The van der Waals surface area contributed by atoms with Crippen molar-refractivity contribution in [3.63, 3.8) is 0 Å². The molecule has 2 amide bonds. The van der Waals surface area contributed by atoms with E-state index in [1.165, 1.54) is 4.68 Å². The van der Waals surface area contributed by atoms with Crippen LogP contribution in [-0.4, -0.2) is 37.4 Å². The van der Waals surface area contributed by atoms with Gasteiger partial charge in [0.15, 0.2) is 0 Å². The number of carbonyl (C=O) groups is 2. The van der Waals surface area contributed by atoms with Crippen molar-refractivity contribution in [3.8, 4) is 11.1 Å². The first-order chi connectivity index (χ1) is 19.4. The molecule has 0 aliphatic heterocycles. The second-order valence-electron chi connectivity index (χ2n) is 11.3. The quantitative estimate of drug-likeness (QED) is 0.158. The fraction of sp³-hybridized carbons (Fsp3) is 0.500. The van der Waals surface area contributed by atoms with E-state index in [1.807, 2.05) is 26.0 Å². The van der Waals surface area contributed by atoms with Crippen molar-refractivity contribution < 1.29 is 87.6 Å². The van der Waals surface area contributed by atoms with Crippen LogP contribution < -0.4 is 79.5 Å². The van der Waals surface area contributed by atoms with Crippen molar-refractivity contribution in [2.75, 3.05) is 5.32 Å². The number of aryl methyl sites for hydroxylation is 1. The molecule has 2 saturated carbocycles. The van der Waals surface area contributed by atoms with Gasteiger partial charge in [0, 0.05) is 29.2 Å². The van der Waals surface area contributed by atoms with Crippen LogP contribution in [0.15, 0.2) is 36.5 Å². The maximum absolute atomic E-state index is 13.7. The van der Waals surface area contributed by atoms with Gasteiger partial charge < -0.3 is 29.5 Å². The van der Waals surface area contributed by atoms with E-state index in [0.29, 0.717) is 34.6 Å². The van der Waals surface area contributed by atoms with Gasteiger partial charge in [-0.2, -0.15) is 10.2 Å². The van der Waals surface area contributed by atoms with Crippen molar-refractivity contribution in [2.45, 2.75) is 72.2 Å². The van der Waals surface area contributed by atoms with E-state index in [0.717, 1.165) is 36.8 Å². The van der Waals surface area contributed by atoms with Crippen LogP contribution in [-0.2, 0) is 20.6 Å². The van der Waals surface area contributed by atoms with Crippen molar-refractivity contribution >= 4 is 25.3 Å². The van der Waals surface area contributed by atoms with E-state index >= 15 is 0 Å². The molecule has 1 aromatic carbocycles. The summed E-state index contributed by atoms with van der Waals surface area (Å²) in [5.41, 5.74) is 3.85. The van der Waals surface area contributed by atoms with Crippen LogP contribution in [0.1, 0.15) is 67.4 Å². The molecule has 2 aliphatic rings. The zero-order chi connectivity index (χ0) is 29.5. The van der Waals surface area contributed by atoms with Gasteiger partial charge in [0.1, 0.15) is 18.5 Å². The van der Waals surface area contributed by atoms with Crippen LogP contribution in [0, 0.1) is 31.6 Å². The standard InChI is InChI=1S/C28H37N6O6P.2Na/c1-16(2)34-23(13-14-29-34)27(35)31-26(25(20-5-6-20)21-7-8-21)28(36)30-22-11-9-19(10-12-22)24-17(3)32-33(18(24)4)15-40-41(37,38)39;;/h9-14,16,20-21,25-26H,5-8,15H2,1-4H3,(H,30,36)(H,31,35)(H2,37,38,39);;/q;2*+1/p-2/t26-;;/m0../s1. The molecule has 5 rings (SSSR count). The fourth-order valence-electron chi connectivity index (χ4n) is 5.65. The Balaban J connectivity index is 0.00000253. The Bertz CT molecular complexity index is 1470. The average Bonchev–Trinajstić information content (AvgIpc) is 3.84. The number of anilines is 1. The fourth-order valence-corrected chi connectivity index (χ4v) is 5.91. The Hall–Kier alpha value is -1.31. The van der Waals surface area contributed by atoms with Gasteiger partial charge in [-0.3, -0.25) is 14.3 Å². The molecule has 0 spiro atoms. The van der Waals surface area contributed by atoms with Crippen LogP contribution in [0.2, 0.25) is 0 Å². The molecule has 2 aromatic heterocycles. The number of hydrogen-bond acceptors (Lipinski definition) is 8. The van der Waals surface area contributed by atoms with E-state index in [-0.39, 0.29) is 82.9 Å². The number of amides is 2. The van der Waals surface area contributed by atoms with Gasteiger partial charge in [-0.05, 0) is 94.9 Å². The molecule has 220 valence electrons. The molecule has 0 unspecified atom stereocenters. The third-order valence-corrected chi connectivity index (χ3v) is 8.27. The van der Waals surface area contributed by atoms with Crippen LogP contribution in [0.25, 0.3) is 11.1 Å². The smallest absolute Gasteiger partial charge is 0.790 e. The first kappa shape index (κ1) is 36.2. The summed E-state index contributed by atoms with van der Waals surface area (Å²) in [4.78, 5) is 48.8. The predicted molar refractivity (Wildman–Crippen MR) is 147 cm³/mol. The number of nitrogens with zero attached hydrogens (tertiary/aromatic N) is 4. The van der Waals surface area contributed by atoms with Crippen molar-refractivity contribution in [2.24, 2.45) is 17.8 Å². The topological polar surface area (TPSA) is 166 Å². The number of benzene rings is 1.